The first kappa shape index (κ1) is 17.3. The molecular formula is C23H25N3O2. The number of ether oxygens (including phenoxy) is 1. The zero-order valence-corrected chi connectivity index (χ0v) is 16.0. The Labute approximate surface area is 164 Å². The summed E-state index contributed by atoms with van der Waals surface area (Å²) in [6.45, 7) is 1.59. The van der Waals surface area contributed by atoms with Gasteiger partial charge in [0.25, 0.3) is 0 Å². The van der Waals surface area contributed by atoms with Crippen molar-refractivity contribution in [3.63, 3.8) is 0 Å². The Hall–Kier alpha value is -2.82. The minimum absolute atomic E-state index is 0.0575. The summed E-state index contributed by atoms with van der Waals surface area (Å²) in [5, 5.41) is 0. The Kier molecular flexibility index (Phi) is 4.51. The summed E-state index contributed by atoms with van der Waals surface area (Å²) < 4.78 is 5.58. The van der Waals surface area contributed by atoms with Crippen LogP contribution in [0.25, 0.3) is 11.0 Å². The highest BCUT2D eigenvalue weighted by Crippen LogP contribution is 2.31. The summed E-state index contributed by atoms with van der Waals surface area (Å²) in [5.41, 5.74) is 4.49. The molecule has 0 spiro atoms. The highest BCUT2D eigenvalue weighted by Gasteiger charge is 2.30. The maximum absolute atomic E-state index is 13.1. The van der Waals surface area contributed by atoms with Crippen molar-refractivity contribution >= 4 is 16.9 Å². The number of H-pyrrole nitrogens is 1. The first-order valence-corrected chi connectivity index (χ1v) is 10.3. The standard InChI is InChI=1S/C23H25N3O2/c27-22(11-9-16-8-10-21-17(15-16)12-14-28-21)26-13-4-3-7-20(26)23-24-18-5-1-2-6-19(18)25-23/h1-2,5-6,8,10,15,20H,3-4,7,9,11-14H2,(H,24,25)/t20-/m1/s1. The van der Waals surface area contributed by atoms with Crippen LogP contribution in [0.15, 0.2) is 42.5 Å². The van der Waals surface area contributed by atoms with Gasteiger partial charge in [-0.3, -0.25) is 4.79 Å². The van der Waals surface area contributed by atoms with E-state index in [-0.39, 0.29) is 11.9 Å². The number of amides is 1. The molecule has 2 aromatic carbocycles. The molecule has 0 radical (unpaired) electrons. The van der Waals surface area contributed by atoms with E-state index in [1.165, 1.54) is 11.1 Å². The Balaban J connectivity index is 1.30. The Bertz CT molecular complexity index is 977. The van der Waals surface area contributed by atoms with Gasteiger partial charge in [-0.05, 0) is 55.0 Å². The monoisotopic (exact) mass is 375 g/mol. The van der Waals surface area contributed by atoms with Crippen LogP contribution in [-0.4, -0.2) is 33.9 Å². The SMILES string of the molecule is O=C(CCc1ccc2c(c1)CCO2)N1CCCC[C@@H]1c1nc2ccccc2[nH]1. The Morgan fingerprint density at radius 3 is 3.07 bits per heavy atom. The van der Waals surface area contributed by atoms with E-state index < -0.39 is 0 Å². The first-order valence-electron chi connectivity index (χ1n) is 10.3. The fraction of sp³-hybridized carbons (Fsp3) is 0.391. The molecule has 2 aliphatic rings. The van der Waals surface area contributed by atoms with Crippen molar-refractivity contribution in [2.45, 2.75) is 44.6 Å². The number of rotatable bonds is 4. The highest BCUT2D eigenvalue weighted by atomic mass is 16.5. The molecule has 0 saturated carbocycles. The van der Waals surface area contributed by atoms with Crippen LogP contribution in [0.5, 0.6) is 5.75 Å². The van der Waals surface area contributed by atoms with Gasteiger partial charge in [0, 0.05) is 19.4 Å². The van der Waals surface area contributed by atoms with E-state index in [2.05, 4.69) is 17.1 Å². The molecule has 2 aliphatic heterocycles. The van der Waals surface area contributed by atoms with Gasteiger partial charge in [0.15, 0.2) is 0 Å². The van der Waals surface area contributed by atoms with Crippen LogP contribution in [-0.2, 0) is 17.6 Å². The zero-order valence-electron chi connectivity index (χ0n) is 16.0. The number of carbonyl (C=O) groups excluding carboxylic acids is 1. The van der Waals surface area contributed by atoms with E-state index in [9.17, 15) is 4.79 Å². The van der Waals surface area contributed by atoms with Crippen LogP contribution in [0, 0.1) is 0 Å². The molecule has 5 nitrogen and oxygen atoms in total. The lowest BCUT2D eigenvalue weighted by Crippen LogP contribution is -2.39. The fourth-order valence-corrected chi connectivity index (χ4v) is 4.44. The van der Waals surface area contributed by atoms with E-state index in [0.29, 0.717) is 6.42 Å². The quantitative estimate of drug-likeness (QED) is 0.744. The van der Waals surface area contributed by atoms with E-state index >= 15 is 0 Å². The summed E-state index contributed by atoms with van der Waals surface area (Å²) in [4.78, 5) is 23.3. The number of carbonyl (C=O) groups is 1. The molecule has 1 aromatic heterocycles. The van der Waals surface area contributed by atoms with Gasteiger partial charge < -0.3 is 14.6 Å². The molecule has 5 rings (SSSR count). The number of nitrogens with one attached hydrogen (secondary N) is 1. The summed E-state index contributed by atoms with van der Waals surface area (Å²) in [5.74, 6) is 2.14. The van der Waals surface area contributed by atoms with Gasteiger partial charge in [0.2, 0.25) is 5.91 Å². The second-order valence-corrected chi connectivity index (χ2v) is 7.78. The number of aromatic nitrogens is 2. The van der Waals surface area contributed by atoms with Crippen molar-refractivity contribution in [3.8, 4) is 5.75 Å². The molecule has 5 heteroatoms. The predicted molar refractivity (Wildman–Crippen MR) is 108 cm³/mol. The lowest BCUT2D eigenvalue weighted by atomic mass is 9.99. The minimum atomic E-state index is 0.0575. The smallest absolute Gasteiger partial charge is 0.223 e. The molecule has 3 heterocycles. The molecule has 0 aliphatic carbocycles. The number of para-hydroxylation sites is 2. The van der Waals surface area contributed by atoms with E-state index in [4.69, 9.17) is 9.72 Å². The average molecular weight is 375 g/mol. The van der Waals surface area contributed by atoms with Crippen LogP contribution >= 0.6 is 0 Å². The number of aromatic amines is 1. The van der Waals surface area contributed by atoms with Crippen LogP contribution < -0.4 is 4.74 Å². The lowest BCUT2D eigenvalue weighted by Gasteiger charge is -2.34. The molecule has 144 valence electrons. The normalized spacial score (nSPS) is 18.9. The fourth-order valence-electron chi connectivity index (χ4n) is 4.44. The van der Waals surface area contributed by atoms with Crippen molar-refractivity contribution in [2.24, 2.45) is 0 Å². The number of nitrogens with zero attached hydrogens (tertiary/aromatic N) is 2. The van der Waals surface area contributed by atoms with E-state index in [1.807, 2.05) is 35.2 Å². The van der Waals surface area contributed by atoms with Crippen molar-refractivity contribution in [3.05, 3.63) is 59.4 Å². The summed E-state index contributed by atoms with van der Waals surface area (Å²) in [6, 6.07) is 14.4. The van der Waals surface area contributed by atoms with Gasteiger partial charge in [-0.15, -0.1) is 0 Å². The molecule has 28 heavy (non-hydrogen) atoms. The van der Waals surface area contributed by atoms with E-state index in [0.717, 1.165) is 67.9 Å². The predicted octanol–water partition coefficient (Wildman–Crippen LogP) is 4.18. The van der Waals surface area contributed by atoms with Crippen LogP contribution in [0.2, 0.25) is 0 Å². The van der Waals surface area contributed by atoms with Gasteiger partial charge >= 0.3 is 0 Å². The van der Waals surface area contributed by atoms with Gasteiger partial charge in [-0.25, -0.2) is 4.98 Å². The van der Waals surface area contributed by atoms with E-state index in [1.54, 1.807) is 0 Å². The maximum Gasteiger partial charge on any atom is 0.223 e. The third-order valence-corrected chi connectivity index (χ3v) is 5.93. The number of hydrogen-bond donors (Lipinski definition) is 1. The molecule has 1 N–H and O–H groups in total. The van der Waals surface area contributed by atoms with Crippen LogP contribution in [0.4, 0.5) is 0 Å². The molecule has 1 atom stereocenters. The number of imidazole rings is 1. The lowest BCUT2D eigenvalue weighted by molar-refractivity contribution is -0.135. The minimum Gasteiger partial charge on any atom is -0.493 e. The molecule has 3 aromatic rings. The van der Waals surface area contributed by atoms with Gasteiger partial charge in [-0.2, -0.15) is 0 Å². The van der Waals surface area contributed by atoms with Crippen LogP contribution in [0.3, 0.4) is 0 Å². The van der Waals surface area contributed by atoms with Gasteiger partial charge in [0.1, 0.15) is 11.6 Å². The molecule has 1 saturated heterocycles. The molecule has 0 bridgehead atoms. The third kappa shape index (κ3) is 3.26. The van der Waals surface area contributed by atoms with Gasteiger partial charge in [-0.1, -0.05) is 24.3 Å². The Morgan fingerprint density at radius 2 is 2.14 bits per heavy atom. The number of hydrogen-bond acceptors (Lipinski definition) is 3. The molecule has 1 fully saturated rings. The van der Waals surface area contributed by atoms with Crippen molar-refractivity contribution in [1.29, 1.82) is 0 Å². The van der Waals surface area contributed by atoms with Gasteiger partial charge in [0.05, 0.1) is 23.7 Å². The van der Waals surface area contributed by atoms with Crippen molar-refractivity contribution in [1.82, 2.24) is 14.9 Å². The molecule has 0 unspecified atom stereocenters. The second-order valence-electron chi connectivity index (χ2n) is 7.78. The van der Waals surface area contributed by atoms with Crippen molar-refractivity contribution < 1.29 is 9.53 Å². The average Bonchev–Trinajstić information content (AvgIpc) is 3.38. The molecule has 1 amide bonds. The number of benzene rings is 2. The first-order chi connectivity index (χ1) is 13.8. The highest BCUT2D eigenvalue weighted by molar-refractivity contribution is 5.78. The third-order valence-electron chi connectivity index (χ3n) is 5.93. The topological polar surface area (TPSA) is 58.2 Å². The molecular weight excluding hydrogens is 350 g/mol. The summed E-state index contributed by atoms with van der Waals surface area (Å²) >= 11 is 0. The number of likely N-dealkylation sites (tertiary alicyclic amines) is 1. The van der Waals surface area contributed by atoms with Crippen molar-refractivity contribution in [2.75, 3.05) is 13.2 Å². The number of piperidine rings is 1. The second kappa shape index (κ2) is 7.30. The maximum atomic E-state index is 13.1. The zero-order chi connectivity index (χ0) is 18.9. The number of fused-ring (bicyclic) bond motifs is 2. The summed E-state index contributed by atoms with van der Waals surface area (Å²) in [6.07, 6.45) is 5.46. The van der Waals surface area contributed by atoms with Crippen LogP contribution in [0.1, 0.15) is 48.7 Å². The summed E-state index contributed by atoms with van der Waals surface area (Å²) in [7, 11) is 0. The Morgan fingerprint density at radius 1 is 1.21 bits per heavy atom. The number of aryl methyl sites for hydroxylation is 1. The largest absolute Gasteiger partial charge is 0.493 e.